The molecule has 0 unspecified atom stereocenters. The van der Waals surface area contributed by atoms with Crippen molar-refractivity contribution in [3.63, 3.8) is 0 Å². The smallest absolute Gasteiger partial charge is 0.254 e. The highest BCUT2D eigenvalue weighted by Gasteiger charge is 2.29. The van der Waals surface area contributed by atoms with Crippen molar-refractivity contribution in [1.82, 2.24) is 9.88 Å². The van der Waals surface area contributed by atoms with Crippen molar-refractivity contribution in [1.29, 1.82) is 0 Å². The fourth-order valence-corrected chi connectivity index (χ4v) is 3.11. The van der Waals surface area contributed by atoms with Gasteiger partial charge >= 0.3 is 0 Å². The lowest BCUT2D eigenvalue weighted by atomic mass is 9.96. The average Bonchev–Trinajstić information content (AvgIpc) is 2.44. The number of likely N-dealkylation sites (tertiary alicyclic amines) is 1. The monoisotopic (exact) mass is 289 g/mol. The summed E-state index contributed by atoms with van der Waals surface area (Å²) in [5.74, 6) is 0.942. The predicted octanol–water partition coefficient (Wildman–Crippen LogP) is 3.62. The molecule has 116 valence electrons. The molecule has 1 N–H and O–H groups in total. The molecule has 4 nitrogen and oxygen atoms in total. The topological polar surface area (TPSA) is 45.2 Å². The number of amides is 1. The van der Waals surface area contributed by atoms with E-state index < -0.39 is 0 Å². The first-order valence-corrected chi connectivity index (χ1v) is 8.08. The third-order valence-electron chi connectivity index (χ3n) is 4.18. The number of aryl methyl sites for hydroxylation is 1. The maximum atomic E-state index is 12.9. The minimum Gasteiger partial charge on any atom is -0.370 e. The van der Waals surface area contributed by atoms with Crippen molar-refractivity contribution in [3.8, 4) is 0 Å². The Labute approximate surface area is 127 Å². The van der Waals surface area contributed by atoms with E-state index in [4.69, 9.17) is 0 Å². The molecule has 1 aromatic rings. The summed E-state index contributed by atoms with van der Waals surface area (Å²) in [6.07, 6.45) is 4.45. The standard InChI is InChI=1S/C17H27N3O/c1-5-9-18-16-11-15(10-12(2)19-16)17(21)20-13(3)7-6-8-14(20)4/h10-11,13-14H,5-9H2,1-4H3,(H,18,19)/t13-,14+. The minimum absolute atomic E-state index is 0.139. The van der Waals surface area contributed by atoms with E-state index in [1.165, 1.54) is 6.42 Å². The molecular formula is C17H27N3O. The first kappa shape index (κ1) is 15.8. The number of nitrogens with one attached hydrogen (secondary N) is 1. The van der Waals surface area contributed by atoms with Crippen LogP contribution in [0.3, 0.4) is 0 Å². The summed E-state index contributed by atoms with van der Waals surface area (Å²) in [4.78, 5) is 19.4. The van der Waals surface area contributed by atoms with Gasteiger partial charge in [0.05, 0.1) is 0 Å². The van der Waals surface area contributed by atoms with E-state index in [9.17, 15) is 4.79 Å². The van der Waals surface area contributed by atoms with Gasteiger partial charge in [0.25, 0.3) is 5.91 Å². The fraction of sp³-hybridized carbons (Fsp3) is 0.647. The van der Waals surface area contributed by atoms with Gasteiger partial charge in [0.15, 0.2) is 0 Å². The van der Waals surface area contributed by atoms with E-state index in [-0.39, 0.29) is 5.91 Å². The Hall–Kier alpha value is -1.58. The number of nitrogens with zero attached hydrogens (tertiary/aromatic N) is 2. The van der Waals surface area contributed by atoms with E-state index in [2.05, 4.69) is 31.1 Å². The maximum absolute atomic E-state index is 12.9. The second kappa shape index (κ2) is 6.92. The van der Waals surface area contributed by atoms with Crippen molar-refractivity contribution in [2.45, 2.75) is 65.5 Å². The molecule has 0 aliphatic carbocycles. The highest BCUT2D eigenvalue weighted by molar-refractivity contribution is 5.95. The number of anilines is 1. The molecule has 2 heterocycles. The third-order valence-corrected chi connectivity index (χ3v) is 4.18. The van der Waals surface area contributed by atoms with Crippen LogP contribution >= 0.6 is 0 Å². The molecule has 1 aromatic heterocycles. The summed E-state index contributed by atoms with van der Waals surface area (Å²) in [6.45, 7) is 9.24. The van der Waals surface area contributed by atoms with Crippen LogP contribution in [-0.2, 0) is 0 Å². The molecule has 1 fully saturated rings. The highest BCUT2D eigenvalue weighted by atomic mass is 16.2. The van der Waals surface area contributed by atoms with Gasteiger partial charge in [0.1, 0.15) is 5.82 Å². The molecule has 1 aliphatic rings. The van der Waals surface area contributed by atoms with E-state index in [0.29, 0.717) is 12.1 Å². The highest BCUT2D eigenvalue weighted by Crippen LogP contribution is 2.25. The van der Waals surface area contributed by atoms with Crippen LogP contribution in [0.25, 0.3) is 0 Å². The molecule has 0 radical (unpaired) electrons. The van der Waals surface area contributed by atoms with Crippen LogP contribution in [0.15, 0.2) is 12.1 Å². The molecule has 4 heteroatoms. The lowest BCUT2D eigenvalue weighted by Gasteiger charge is -2.39. The molecule has 1 amide bonds. The Morgan fingerprint density at radius 2 is 2.00 bits per heavy atom. The lowest BCUT2D eigenvalue weighted by Crippen LogP contribution is -2.47. The van der Waals surface area contributed by atoms with Gasteiger partial charge in [-0.3, -0.25) is 4.79 Å². The summed E-state index contributed by atoms with van der Waals surface area (Å²) < 4.78 is 0. The Bertz CT molecular complexity index is 491. The van der Waals surface area contributed by atoms with E-state index in [1.54, 1.807) is 0 Å². The van der Waals surface area contributed by atoms with Gasteiger partial charge in [-0.2, -0.15) is 0 Å². The van der Waals surface area contributed by atoms with E-state index in [1.807, 2.05) is 24.0 Å². The van der Waals surface area contributed by atoms with Crippen LogP contribution in [0.2, 0.25) is 0 Å². The summed E-state index contributed by atoms with van der Waals surface area (Å²) in [7, 11) is 0. The average molecular weight is 289 g/mol. The maximum Gasteiger partial charge on any atom is 0.254 e. The zero-order valence-corrected chi connectivity index (χ0v) is 13.6. The number of aromatic nitrogens is 1. The minimum atomic E-state index is 0.139. The van der Waals surface area contributed by atoms with Crippen LogP contribution in [-0.4, -0.2) is 34.4 Å². The molecular weight excluding hydrogens is 262 g/mol. The quantitative estimate of drug-likeness (QED) is 0.921. The molecule has 0 spiro atoms. The van der Waals surface area contributed by atoms with Crippen LogP contribution in [0.4, 0.5) is 5.82 Å². The van der Waals surface area contributed by atoms with E-state index in [0.717, 1.165) is 42.9 Å². The summed E-state index contributed by atoms with van der Waals surface area (Å²) in [5, 5.41) is 3.27. The van der Waals surface area contributed by atoms with Gasteiger partial charge < -0.3 is 10.2 Å². The predicted molar refractivity (Wildman–Crippen MR) is 86.7 cm³/mol. The number of hydrogen-bond donors (Lipinski definition) is 1. The van der Waals surface area contributed by atoms with Crippen LogP contribution < -0.4 is 5.32 Å². The van der Waals surface area contributed by atoms with Gasteiger partial charge in [-0.05, 0) is 58.6 Å². The van der Waals surface area contributed by atoms with Crippen LogP contribution in [0.5, 0.6) is 0 Å². The largest absolute Gasteiger partial charge is 0.370 e. The summed E-state index contributed by atoms with van der Waals surface area (Å²) in [5.41, 5.74) is 1.64. The number of carbonyl (C=O) groups is 1. The number of carbonyl (C=O) groups excluding carboxylic acids is 1. The Kier molecular flexibility index (Phi) is 5.21. The molecule has 0 bridgehead atoms. The molecule has 0 saturated carbocycles. The first-order chi connectivity index (χ1) is 10.0. The molecule has 2 atom stereocenters. The number of hydrogen-bond acceptors (Lipinski definition) is 3. The van der Waals surface area contributed by atoms with Crippen molar-refractivity contribution in [2.75, 3.05) is 11.9 Å². The van der Waals surface area contributed by atoms with Crippen LogP contribution in [0.1, 0.15) is 62.5 Å². The fourth-order valence-electron chi connectivity index (χ4n) is 3.11. The van der Waals surface area contributed by atoms with Crippen molar-refractivity contribution in [2.24, 2.45) is 0 Å². The first-order valence-electron chi connectivity index (χ1n) is 8.08. The van der Waals surface area contributed by atoms with E-state index >= 15 is 0 Å². The normalized spacial score (nSPS) is 22.2. The number of pyridine rings is 1. The van der Waals surface area contributed by atoms with Gasteiger partial charge in [0, 0.05) is 29.9 Å². The Balaban J connectivity index is 2.23. The number of rotatable bonds is 4. The zero-order chi connectivity index (χ0) is 15.4. The van der Waals surface area contributed by atoms with Gasteiger partial charge in [0.2, 0.25) is 0 Å². The molecule has 21 heavy (non-hydrogen) atoms. The summed E-state index contributed by atoms with van der Waals surface area (Å²) in [6, 6.07) is 4.43. The van der Waals surface area contributed by atoms with Crippen molar-refractivity contribution < 1.29 is 4.79 Å². The van der Waals surface area contributed by atoms with Crippen LogP contribution in [0, 0.1) is 6.92 Å². The molecule has 1 saturated heterocycles. The number of piperidine rings is 1. The second-order valence-electron chi connectivity index (χ2n) is 6.15. The molecule has 1 aliphatic heterocycles. The lowest BCUT2D eigenvalue weighted by molar-refractivity contribution is 0.0510. The van der Waals surface area contributed by atoms with Crippen molar-refractivity contribution in [3.05, 3.63) is 23.4 Å². The molecule has 0 aromatic carbocycles. The van der Waals surface area contributed by atoms with Gasteiger partial charge in [-0.25, -0.2) is 4.98 Å². The Morgan fingerprint density at radius 3 is 2.62 bits per heavy atom. The van der Waals surface area contributed by atoms with Gasteiger partial charge in [-0.1, -0.05) is 6.92 Å². The van der Waals surface area contributed by atoms with Crippen molar-refractivity contribution >= 4 is 11.7 Å². The third kappa shape index (κ3) is 3.74. The SMILES string of the molecule is CCCNc1cc(C(=O)N2[C@H](C)CCC[C@@H]2C)cc(C)n1. The molecule has 2 rings (SSSR count). The summed E-state index contributed by atoms with van der Waals surface area (Å²) >= 11 is 0. The van der Waals surface area contributed by atoms with Gasteiger partial charge in [-0.15, -0.1) is 0 Å². The second-order valence-corrected chi connectivity index (χ2v) is 6.15. The Morgan fingerprint density at radius 1 is 1.33 bits per heavy atom. The zero-order valence-electron chi connectivity index (χ0n) is 13.6.